The zero-order chi connectivity index (χ0) is 21.6. The molecule has 0 radical (unpaired) electrons. The molecule has 2 aromatic rings. The number of nitrogens with zero attached hydrogens (tertiary/aromatic N) is 1. The second-order valence-electron chi connectivity index (χ2n) is 8.91. The maximum Gasteiger partial charge on any atom is 0.251 e. The molecule has 162 valence electrons. The van der Waals surface area contributed by atoms with E-state index >= 15 is 0 Å². The van der Waals surface area contributed by atoms with Gasteiger partial charge in [0.25, 0.3) is 5.91 Å². The number of likely N-dealkylation sites (tertiary alicyclic amines) is 1. The maximum absolute atomic E-state index is 12.3. The van der Waals surface area contributed by atoms with Gasteiger partial charge in [0.2, 0.25) is 5.91 Å². The zero-order valence-corrected chi connectivity index (χ0v) is 18.2. The van der Waals surface area contributed by atoms with E-state index in [0.717, 1.165) is 18.8 Å². The van der Waals surface area contributed by atoms with Crippen molar-refractivity contribution in [3.05, 3.63) is 59.5 Å². The largest absolute Gasteiger partial charge is 0.468 e. The fraction of sp³-hybridized carbons (Fsp3) is 0.500. The van der Waals surface area contributed by atoms with Crippen molar-refractivity contribution in [3.63, 3.8) is 0 Å². The number of carbonyl (C=O) groups excluding carboxylic acids is 2. The van der Waals surface area contributed by atoms with E-state index in [1.54, 1.807) is 6.26 Å². The Kier molecular flexibility index (Phi) is 7.32. The van der Waals surface area contributed by atoms with Gasteiger partial charge < -0.3 is 15.1 Å². The standard InChI is InChI=1S/C24H33N3O3/c1-24(2,3)19-10-8-18(9-11-19)23(29)25-13-12-22(28)26-17-20(21-7-6-16-30-21)27-14-4-5-15-27/h6-11,16,20H,4-5,12-15,17H2,1-3H3,(H,25,29)(H,26,28). The summed E-state index contributed by atoms with van der Waals surface area (Å²) in [6, 6.07) is 11.5. The normalized spacial score (nSPS) is 15.7. The highest BCUT2D eigenvalue weighted by Crippen LogP contribution is 2.25. The van der Waals surface area contributed by atoms with Gasteiger partial charge in [-0.25, -0.2) is 0 Å². The van der Waals surface area contributed by atoms with Crippen molar-refractivity contribution in [2.75, 3.05) is 26.2 Å². The van der Waals surface area contributed by atoms with Crippen LogP contribution in [-0.2, 0) is 10.2 Å². The van der Waals surface area contributed by atoms with E-state index in [-0.39, 0.29) is 29.7 Å². The third-order valence-corrected chi connectivity index (χ3v) is 5.60. The van der Waals surface area contributed by atoms with Crippen LogP contribution in [0.2, 0.25) is 0 Å². The van der Waals surface area contributed by atoms with E-state index in [4.69, 9.17) is 4.42 Å². The van der Waals surface area contributed by atoms with Gasteiger partial charge in [-0.1, -0.05) is 32.9 Å². The minimum atomic E-state index is -0.159. The Bertz CT molecular complexity index is 816. The van der Waals surface area contributed by atoms with Crippen LogP contribution in [-0.4, -0.2) is 42.9 Å². The fourth-order valence-corrected chi connectivity index (χ4v) is 3.76. The maximum atomic E-state index is 12.3. The molecule has 3 rings (SSSR count). The summed E-state index contributed by atoms with van der Waals surface area (Å²) in [5.74, 6) is 0.645. The molecule has 1 atom stereocenters. The molecular weight excluding hydrogens is 378 g/mol. The SMILES string of the molecule is CC(C)(C)c1ccc(C(=O)NCCC(=O)NCC(c2ccco2)N2CCCC2)cc1. The lowest BCUT2D eigenvalue weighted by molar-refractivity contribution is -0.121. The van der Waals surface area contributed by atoms with Gasteiger partial charge in [-0.05, 0) is 61.2 Å². The number of nitrogens with one attached hydrogen (secondary N) is 2. The molecule has 0 bridgehead atoms. The van der Waals surface area contributed by atoms with E-state index in [1.807, 2.05) is 36.4 Å². The first-order chi connectivity index (χ1) is 14.3. The molecular formula is C24H33N3O3. The van der Waals surface area contributed by atoms with Crippen LogP contribution in [0.1, 0.15) is 67.8 Å². The molecule has 2 N–H and O–H groups in total. The minimum absolute atomic E-state index is 0.0513. The van der Waals surface area contributed by atoms with Crippen molar-refractivity contribution >= 4 is 11.8 Å². The summed E-state index contributed by atoms with van der Waals surface area (Å²) in [4.78, 5) is 27.0. The second-order valence-corrected chi connectivity index (χ2v) is 8.91. The number of hydrogen-bond acceptors (Lipinski definition) is 4. The summed E-state index contributed by atoms with van der Waals surface area (Å²) in [5.41, 5.74) is 1.84. The molecule has 1 aliphatic heterocycles. The molecule has 2 heterocycles. The Morgan fingerprint density at radius 3 is 2.37 bits per heavy atom. The van der Waals surface area contributed by atoms with E-state index in [9.17, 15) is 9.59 Å². The van der Waals surface area contributed by atoms with Crippen molar-refractivity contribution < 1.29 is 14.0 Å². The molecule has 30 heavy (non-hydrogen) atoms. The van der Waals surface area contributed by atoms with Gasteiger partial charge in [-0.3, -0.25) is 14.5 Å². The van der Waals surface area contributed by atoms with E-state index in [2.05, 4.69) is 36.3 Å². The van der Waals surface area contributed by atoms with Crippen LogP contribution in [0.15, 0.2) is 47.1 Å². The lowest BCUT2D eigenvalue weighted by Crippen LogP contribution is -2.37. The van der Waals surface area contributed by atoms with Crippen LogP contribution in [0.3, 0.4) is 0 Å². The van der Waals surface area contributed by atoms with E-state index in [1.165, 1.54) is 18.4 Å². The first kappa shape index (κ1) is 22.1. The summed E-state index contributed by atoms with van der Waals surface area (Å²) in [5, 5.41) is 5.82. The molecule has 1 aromatic carbocycles. The Hall–Kier alpha value is -2.60. The number of amides is 2. The van der Waals surface area contributed by atoms with Crippen LogP contribution >= 0.6 is 0 Å². The van der Waals surface area contributed by atoms with E-state index in [0.29, 0.717) is 18.7 Å². The van der Waals surface area contributed by atoms with Crippen molar-refractivity contribution in [3.8, 4) is 0 Å². The zero-order valence-electron chi connectivity index (χ0n) is 18.2. The molecule has 1 aromatic heterocycles. The summed E-state index contributed by atoms with van der Waals surface area (Å²) in [6.45, 7) is 9.27. The highest BCUT2D eigenvalue weighted by Gasteiger charge is 2.25. The van der Waals surface area contributed by atoms with Crippen LogP contribution in [0, 0.1) is 0 Å². The molecule has 1 saturated heterocycles. The monoisotopic (exact) mass is 411 g/mol. The highest BCUT2D eigenvalue weighted by atomic mass is 16.3. The number of benzene rings is 1. The average molecular weight is 412 g/mol. The molecule has 0 aliphatic carbocycles. The van der Waals surface area contributed by atoms with Gasteiger partial charge >= 0.3 is 0 Å². The van der Waals surface area contributed by atoms with Crippen LogP contribution in [0.5, 0.6) is 0 Å². The van der Waals surface area contributed by atoms with Crippen molar-refractivity contribution in [1.82, 2.24) is 15.5 Å². The predicted molar refractivity (Wildman–Crippen MR) is 117 cm³/mol. The Morgan fingerprint density at radius 1 is 1.07 bits per heavy atom. The lowest BCUT2D eigenvalue weighted by atomic mass is 9.87. The summed E-state index contributed by atoms with van der Waals surface area (Å²) in [6.07, 6.45) is 4.27. The molecule has 6 nitrogen and oxygen atoms in total. The molecule has 2 amide bonds. The first-order valence-electron chi connectivity index (χ1n) is 10.8. The van der Waals surface area contributed by atoms with Gasteiger partial charge in [-0.15, -0.1) is 0 Å². The summed E-state index contributed by atoms with van der Waals surface area (Å²) >= 11 is 0. The van der Waals surface area contributed by atoms with Gasteiger partial charge in [0.1, 0.15) is 5.76 Å². The number of carbonyl (C=O) groups is 2. The molecule has 1 aliphatic rings. The number of hydrogen-bond donors (Lipinski definition) is 2. The Morgan fingerprint density at radius 2 is 1.77 bits per heavy atom. The van der Waals surface area contributed by atoms with Crippen molar-refractivity contribution in [1.29, 1.82) is 0 Å². The lowest BCUT2D eigenvalue weighted by Gasteiger charge is -2.26. The van der Waals surface area contributed by atoms with Gasteiger partial charge in [0.05, 0.1) is 12.3 Å². The second kappa shape index (κ2) is 9.94. The third kappa shape index (κ3) is 5.95. The Balaban J connectivity index is 1.43. The molecule has 0 spiro atoms. The fourth-order valence-electron chi connectivity index (χ4n) is 3.76. The van der Waals surface area contributed by atoms with Gasteiger partial charge in [0.15, 0.2) is 0 Å². The van der Waals surface area contributed by atoms with Crippen LogP contribution in [0.4, 0.5) is 0 Å². The predicted octanol–water partition coefficient (Wildman–Crippen LogP) is 3.65. The van der Waals surface area contributed by atoms with Crippen molar-refractivity contribution in [2.24, 2.45) is 0 Å². The third-order valence-electron chi connectivity index (χ3n) is 5.60. The van der Waals surface area contributed by atoms with Crippen LogP contribution in [0.25, 0.3) is 0 Å². The number of rotatable bonds is 8. The molecule has 1 unspecified atom stereocenters. The quantitative estimate of drug-likeness (QED) is 0.695. The van der Waals surface area contributed by atoms with Crippen LogP contribution < -0.4 is 10.6 Å². The minimum Gasteiger partial charge on any atom is -0.468 e. The molecule has 6 heteroatoms. The Labute approximate surface area is 179 Å². The van der Waals surface area contributed by atoms with Gasteiger partial charge in [0, 0.05) is 25.1 Å². The van der Waals surface area contributed by atoms with Gasteiger partial charge in [-0.2, -0.15) is 0 Å². The highest BCUT2D eigenvalue weighted by molar-refractivity contribution is 5.94. The summed E-state index contributed by atoms with van der Waals surface area (Å²) < 4.78 is 5.58. The molecule has 1 fully saturated rings. The smallest absolute Gasteiger partial charge is 0.251 e. The summed E-state index contributed by atoms with van der Waals surface area (Å²) in [7, 11) is 0. The topological polar surface area (TPSA) is 74.6 Å². The van der Waals surface area contributed by atoms with E-state index < -0.39 is 0 Å². The van der Waals surface area contributed by atoms with Crippen molar-refractivity contribution in [2.45, 2.75) is 51.5 Å². The number of furan rings is 1. The first-order valence-corrected chi connectivity index (χ1v) is 10.8. The molecule has 0 saturated carbocycles. The average Bonchev–Trinajstić information content (AvgIpc) is 3.42.